The Morgan fingerprint density at radius 2 is 2.15 bits per heavy atom. The Bertz CT molecular complexity index is 987. The summed E-state index contributed by atoms with van der Waals surface area (Å²) < 4.78 is 5.48. The summed E-state index contributed by atoms with van der Waals surface area (Å²) >= 11 is 0. The molecular formula is C20H22N4O2. The summed E-state index contributed by atoms with van der Waals surface area (Å²) in [5.74, 6) is 1.27. The normalized spacial score (nSPS) is 19.9. The van der Waals surface area contributed by atoms with E-state index in [4.69, 9.17) is 9.51 Å². The first-order valence-electron chi connectivity index (χ1n) is 9.45. The van der Waals surface area contributed by atoms with Crippen molar-refractivity contribution in [1.29, 1.82) is 0 Å². The number of likely N-dealkylation sites (tertiary alicyclic amines) is 1. The predicted octanol–water partition coefficient (Wildman–Crippen LogP) is 3.72. The molecule has 1 amide bonds. The Balaban J connectivity index is 1.48. The lowest BCUT2D eigenvalue weighted by Gasteiger charge is -2.22. The van der Waals surface area contributed by atoms with Gasteiger partial charge in [0.1, 0.15) is 5.82 Å². The zero-order valence-electron chi connectivity index (χ0n) is 14.9. The fourth-order valence-electron chi connectivity index (χ4n) is 4.28. The van der Waals surface area contributed by atoms with Crippen LogP contribution in [0.1, 0.15) is 64.9 Å². The molecule has 1 aromatic carbocycles. The van der Waals surface area contributed by atoms with Gasteiger partial charge in [-0.1, -0.05) is 11.2 Å². The van der Waals surface area contributed by atoms with Gasteiger partial charge in [-0.05, 0) is 63.1 Å². The molecule has 5 rings (SSSR count). The van der Waals surface area contributed by atoms with E-state index >= 15 is 0 Å². The van der Waals surface area contributed by atoms with Gasteiger partial charge in [-0.3, -0.25) is 4.79 Å². The first-order chi connectivity index (χ1) is 12.7. The number of amides is 1. The molecule has 0 radical (unpaired) electrons. The fourth-order valence-corrected chi connectivity index (χ4v) is 4.28. The van der Waals surface area contributed by atoms with Gasteiger partial charge in [0.15, 0.2) is 0 Å². The van der Waals surface area contributed by atoms with E-state index in [0.29, 0.717) is 5.76 Å². The van der Waals surface area contributed by atoms with Crippen LogP contribution in [0.4, 0.5) is 0 Å². The van der Waals surface area contributed by atoms with Crippen molar-refractivity contribution in [3.05, 3.63) is 46.6 Å². The van der Waals surface area contributed by atoms with Gasteiger partial charge >= 0.3 is 0 Å². The second-order valence-electron chi connectivity index (χ2n) is 7.44. The lowest BCUT2D eigenvalue weighted by atomic mass is 9.96. The molecular weight excluding hydrogens is 328 g/mol. The van der Waals surface area contributed by atoms with Crippen molar-refractivity contribution >= 4 is 16.9 Å². The maximum absolute atomic E-state index is 13.2. The minimum Gasteiger partial charge on any atom is -0.350 e. The molecule has 1 N–H and O–H groups in total. The number of aromatic nitrogens is 3. The van der Waals surface area contributed by atoms with Gasteiger partial charge in [0.25, 0.3) is 5.91 Å². The molecule has 2 aromatic heterocycles. The number of hydrogen-bond donors (Lipinski definition) is 1. The zero-order chi connectivity index (χ0) is 17.7. The third-order valence-electron chi connectivity index (χ3n) is 5.64. The largest absolute Gasteiger partial charge is 0.350 e. The van der Waals surface area contributed by atoms with Crippen LogP contribution in [0.3, 0.4) is 0 Å². The molecule has 3 aromatic rings. The highest BCUT2D eigenvalue weighted by molar-refractivity contribution is 5.93. The van der Waals surface area contributed by atoms with Crippen molar-refractivity contribution in [2.45, 2.75) is 51.5 Å². The Morgan fingerprint density at radius 3 is 3.08 bits per heavy atom. The van der Waals surface area contributed by atoms with Crippen LogP contribution < -0.4 is 0 Å². The molecule has 1 saturated heterocycles. The van der Waals surface area contributed by atoms with Crippen molar-refractivity contribution in [2.75, 3.05) is 6.54 Å². The molecule has 6 heteroatoms. The molecule has 1 unspecified atom stereocenters. The highest BCUT2D eigenvalue weighted by Crippen LogP contribution is 2.34. The van der Waals surface area contributed by atoms with Gasteiger partial charge in [0, 0.05) is 12.1 Å². The maximum atomic E-state index is 13.2. The van der Waals surface area contributed by atoms with E-state index in [2.05, 4.69) is 29.2 Å². The van der Waals surface area contributed by atoms with Crippen molar-refractivity contribution in [3.8, 4) is 0 Å². The van der Waals surface area contributed by atoms with Crippen LogP contribution in [-0.4, -0.2) is 32.5 Å². The van der Waals surface area contributed by atoms with E-state index in [-0.39, 0.29) is 11.9 Å². The fraction of sp³-hybridized carbons (Fsp3) is 0.450. The Hall–Kier alpha value is -2.63. The summed E-state index contributed by atoms with van der Waals surface area (Å²) in [7, 11) is 0. The predicted molar refractivity (Wildman–Crippen MR) is 97.0 cm³/mol. The molecule has 1 atom stereocenters. The number of hydrogen-bond acceptors (Lipinski definition) is 4. The summed E-state index contributed by atoms with van der Waals surface area (Å²) in [6.45, 7) is 2.80. The summed E-state index contributed by atoms with van der Waals surface area (Å²) in [6, 6.07) is 6.16. The zero-order valence-corrected chi connectivity index (χ0v) is 14.9. The number of rotatable bonds is 2. The lowest BCUT2D eigenvalue weighted by Crippen LogP contribution is -2.31. The van der Waals surface area contributed by atoms with Gasteiger partial charge in [-0.2, -0.15) is 0 Å². The number of nitrogens with one attached hydrogen (secondary N) is 1. The quantitative estimate of drug-likeness (QED) is 0.764. The average Bonchev–Trinajstić information content (AvgIpc) is 3.37. The molecule has 6 nitrogen and oxygen atoms in total. The van der Waals surface area contributed by atoms with Crippen LogP contribution in [0.25, 0.3) is 11.0 Å². The molecule has 26 heavy (non-hydrogen) atoms. The highest BCUT2D eigenvalue weighted by Gasteiger charge is 2.36. The molecule has 1 fully saturated rings. The Kier molecular flexibility index (Phi) is 3.58. The number of nitrogens with zero attached hydrogens (tertiary/aromatic N) is 3. The minimum absolute atomic E-state index is 0.0282. The number of H-pyrrole nitrogens is 1. The standard InChI is InChI=1S/C20H22N4O2/c1-12-8-9-15-16(11-12)22-19(21-15)17-7-4-10-24(17)20(25)18-13-5-2-3-6-14(13)23-26-18/h8-9,11,17H,2-7,10H2,1H3,(H,21,22). The molecule has 0 bridgehead atoms. The first-order valence-corrected chi connectivity index (χ1v) is 9.45. The lowest BCUT2D eigenvalue weighted by molar-refractivity contribution is 0.0686. The van der Waals surface area contributed by atoms with Gasteiger partial charge in [-0.15, -0.1) is 0 Å². The van der Waals surface area contributed by atoms with E-state index in [0.717, 1.165) is 73.2 Å². The van der Waals surface area contributed by atoms with Gasteiger partial charge in [0.2, 0.25) is 5.76 Å². The second-order valence-corrected chi connectivity index (χ2v) is 7.44. The van der Waals surface area contributed by atoms with Crippen LogP contribution in [0.15, 0.2) is 22.7 Å². The Morgan fingerprint density at radius 1 is 1.27 bits per heavy atom. The van der Waals surface area contributed by atoms with Crippen molar-refractivity contribution < 1.29 is 9.32 Å². The summed E-state index contributed by atoms with van der Waals surface area (Å²) in [5.41, 5.74) is 5.15. The number of fused-ring (bicyclic) bond motifs is 2. The minimum atomic E-state index is -0.0419. The first kappa shape index (κ1) is 15.6. The van der Waals surface area contributed by atoms with E-state index in [1.807, 2.05) is 11.0 Å². The van der Waals surface area contributed by atoms with Crippen LogP contribution in [0.2, 0.25) is 0 Å². The molecule has 3 heterocycles. The van der Waals surface area contributed by atoms with Crippen LogP contribution in [-0.2, 0) is 12.8 Å². The average molecular weight is 350 g/mol. The summed E-state index contributed by atoms with van der Waals surface area (Å²) in [6.07, 6.45) is 5.92. The number of carbonyl (C=O) groups is 1. The van der Waals surface area contributed by atoms with Crippen molar-refractivity contribution in [3.63, 3.8) is 0 Å². The van der Waals surface area contributed by atoms with E-state index in [9.17, 15) is 4.79 Å². The summed E-state index contributed by atoms with van der Waals surface area (Å²) in [4.78, 5) is 23.2. The second kappa shape index (κ2) is 5.97. The maximum Gasteiger partial charge on any atom is 0.293 e. The third kappa shape index (κ3) is 2.43. The number of aromatic amines is 1. The highest BCUT2D eigenvalue weighted by atomic mass is 16.5. The third-order valence-corrected chi connectivity index (χ3v) is 5.64. The smallest absolute Gasteiger partial charge is 0.293 e. The number of aryl methyl sites for hydroxylation is 2. The summed E-state index contributed by atoms with van der Waals surface area (Å²) in [5, 5.41) is 4.15. The number of benzene rings is 1. The van der Waals surface area contributed by atoms with Crippen molar-refractivity contribution in [2.24, 2.45) is 0 Å². The van der Waals surface area contributed by atoms with Crippen molar-refractivity contribution in [1.82, 2.24) is 20.0 Å². The molecule has 2 aliphatic rings. The molecule has 0 spiro atoms. The van der Waals surface area contributed by atoms with E-state index in [1.54, 1.807) is 0 Å². The van der Waals surface area contributed by atoms with Crippen LogP contribution in [0, 0.1) is 6.92 Å². The Labute approximate surface area is 151 Å². The van der Waals surface area contributed by atoms with E-state index in [1.165, 1.54) is 5.56 Å². The molecule has 0 saturated carbocycles. The SMILES string of the molecule is Cc1ccc2nc(C3CCCN3C(=O)c3onc4c3CCCC4)[nH]c2c1. The molecule has 1 aliphatic carbocycles. The van der Waals surface area contributed by atoms with Crippen LogP contribution in [0.5, 0.6) is 0 Å². The van der Waals surface area contributed by atoms with Gasteiger partial charge in [-0.25, -0.2) is 4.98 Å². The van der Waals surface area contributed by atoms with E-state index < -0.39 is 0 Å². The molecule has 134 valence electrons. The van der Waals surface area contributed by atoms with Gasteiger partial charge in [0.05, 0.1) is 22.8 Å². The monoisotopic (exact) mass is 350 g/mol. The molecule has 1 aliphatic heterocycles. The van der Waals surface area contributed by atoms with Crippen LogP contribution >= 0.6 is 0 Å². The number of imidazole rings is 1. The number of carbonyl (C=O) groups excluding carboxylic acids is 1. The topological polar surface area (TPSA) is 75.0 Å². The van der Waals surface area contributed by atoms with Gasteiger partial charge < -0.3 is 14.4 Å².